The van der Waals surface area contributed by atoms with Gasteiger partial charge in [0, 0.05) is 11.6 Å². The summed E-state index contributed by atoms with van der Waals surface area (Å²) in [6.07, 6.45) is -0.0127. The second kappa shape index (κ2) is 7.43. The molecule has 0 radical (unpaired) electrons. The molecule has 0 unspecified atom stereocenters. The number of hydrogen-bond acceptors (Lipinski definition) is 6. The molecular formula is C20H17N3O5. The molecule has 0 saturated carbocycles. The minimum Gasteiger partial charge on any atom is -0.486 e. The summed E-state index contributed by atoms with van der Waals surface area (Å²) in [6.45, 7) is 1.01. The van der Waals surface area contributed by atoms with Crippen molar-refractivity contribution in [2.24, 2.45) is 5.73 Å². The third-order valence-corrected chi connectivity index (χ3v) is 4.19. The van der Waals surface area contributed by atoms with Gasteiger partial charge in [0.2, 0.25) is 5.91 Å². The topological polar surface area (TPSA) is 117 Å². The summed E-state index contributed by atoms with van der Waals surface area (Å²) in [7, 11) is 0. The molecule has 2 aromatic carbocycles. The molecule has 0 spiro atoms. The normalized spacial score (nSPS) is 12.4. The van der Waals surface area contributed by atoms with Gasteiger partial charge in [0.05, 0.1) is 23.4 Å². The van der Waals surface area contributed by atoms with E-state index in [-0.39, 0.29) is 17.9 Å². The minimum atomic E-state index is -0.613. The molecule has 1 aromatic heterocycles. The fraction of sp³-hybridized carbons (Fsp3) is 0.150. The predicted molar refractivity (Wildman–Crippen MR) is 100 cm³/mol. The van der Waals surface area contributed by atoms with Crippen LogP contribution < -0.4 is 20.5 Å². The molecule has 142 valence electrons. The number of nitrogens with two attached hydrogens (primary N) is 1. The first kappa shape index (κ1) is 17.6. The third-order valence-electron chi connectivity index (χ3n) is 4.19. The summed E-state index contributed by atoms with van der Waals surface area (Å²) < 4.78 is 16.4. The molecular weight excluding hydrogens is 362 g/mol. The maximum absolute atomic E-state index is 12.3. The Bertz CT molecular complexity index is 1040. The standard InChI is InChI=1S/C20H17N3O5/c21-20(25)14-3-1-2-4-15(14)22-19(24)11-13-10-17(28-23-13)12-5-6-16-18(9-12)27-8-7-26-16/h1-6,9-10H,7-8,11H2,(H2,21,25)(H,22,24). The lowest BCUT2D eigenvalue weighted by Gasteiger charge is -2.18. The average molecular weight is 379 g/mol. The van der Waals surface area contributed by atoms with Gasteiger partial charge in [-0.25, -0.2) is 0 Å². The predicted octanol–water partition coefficient (Wildman–Crippen LogP) is 2.39. The Morgan fingerprint density at radius 3 is 2.64 bits per heavy atom. The van der Waals surface area contributed by atoms with Crippen LogP contribution in [0, 0.1) is 0 Å². The van der Waals surface area contributed by atoms with Crippen LogP contribution in [0.4, 0.5) is 5.69 Å². The van der Waals surface area contributed by atoms with Crippen LogP contribution in [0.3, 0.4) is 0 Å². The molecule has 1 aliphatic heterocycles. The van der Waals surface area contributed by atoms with Gasteiger partial charge in [0.1, 0.15) is 13.2 Å². The van der Waals surface area contributed by atoms with Gasteiger partial charge in [-0.2, -0.15) is 0 Å². The van der Waals surface area contributed by atoms with Crippen LogP contribution >= 0.6 is 0 Å². The van der Waals surface area contributed by atoms with E-state index in [1.807, 2.05) is 12.1 Å². The zero-order valence-corrected chi connectivity index (χ0v) is 14.8. The molecule has 8 heteroatoms. The molecule has 0 fully saturated rings. The second-order valence-electron chi connectivity index (χ2n) is 6.18. The Morgan fingerprint density at radius 2 is 1.82 bits per heavy atom. The molecule has 4 rings (SSSR count). The van der Waals surface area contributed by atoms with Crippen molar-refractivity contribution in [2.45, 2.75) is 6.42 Å². The highest BCUT2D eigenvalue weighted by Gasteiger charge is 2.16. The van der Waals surface area contributed by atoms with Gasteiger partial charge in [-0.3, -0.25) is 9.59 Å². The van der Waals surface area contributed by atoms with Gasteiger partial charge in [-0.15, -0.1) is 0 Å². The SMILES string of the molecule is NC(=O)c1ccccc1NC(=O)Cc1cc(-c2ccc3c(c2)OCCO3)on1. The van der Waals surface area contributed by atoms with E-state index < -0.39 is 5.91 Å². The zero-order valence-electron chi connectivity index (χ0n) is 14.8. The number of anilines is 1. The van der Waals surface area contributed by atoms with Gasteiger partial charge in [-0.1, -0.05) is 17.3 Å². The smallest absolute Gasteiger partial charge is 0.250 e. The second-order valence-corrected chi connectivity index (χ2v) is 6.18. The quantitative estimate of drug-likeness (QED) is 0.703. The molecule has 8 nitrogen and oxygen atoms in total. The Kier molecular flexibility index (Phi) is 4.67. The van der Waals surface area contributed by atoms with Crippen molar-refractivity contribution in [1.82, 2.24) is 5.16 Å². The number of aromatic nitrogens is 1. The van der Waals surface area contributed by atoms with E-state index >= 15 is 0 Å². The van der Waals surface area contributed by atoms with Crippen LogP contribution in [-0.4, -0.2) is 30.2 Å². The molecule has 3 N–H and O–H groups in total. The van der Waals surface area contributed by atoms with E-state index in [0.29, 0.717) is 41.9 Å². The van der Waals surface area contributed by atoms with Crippen molar-refractivity contribution in [2.75, 3.05) is 18.5 Å². The van der Waals surface area contributed by atoms with E-state index in [9.17, 15) is 9.59 Å². The van der Waals surface area contributed by atoms with E-state index in [1.54, 1.807) is 36.4 Å². The van der Waals surface area contributed by atoms with E-state index in [2.05, 4.69) is 10.5 Å². The van der Waals surface area contributed by atoms with Crippen LogP contribution in [0.1, 0.15) is 16.1 Å². The summed E-state index contributed by atoms with van der Waals surface area (Å²) in [5, 5.41) is 6.62. The minimum absolute atomic E-state index is 0.0127. The van der Waals surface area contributed by atoms with Gasteiger partial charge in [-0.05, 0) is 30.3 Å². The summed E-state index contributed by atoms with van der Waals surface area (Å²) in [4.78, 5) is 23.8. The number of nitrogens with zero attached hydrogens (tertiary/aromatic N) is 1. The first-order chi connectivity index (χ1) is 13.6. The maximum atomic E-state index is 12.3. The highest BCUT2D eigenvalue weighted by Crippen LogP contribution is 2.34. The lowest BCUT2D eigenvalue weighted by Crippen LogP contribution is -2.19. The summed E-state index contributed by atoms with van der Waals surface area (Å²) in [5.74, 6) is 0.885. The summed E-state index contributed by atoms with van der Waals surface area (Å²) in [5.41, 5.74) is 7.15. The Hall–Kier alpha value is -3.81. The fourth-order valence-electron chi connectivity index (χ4n) is 2.89. The largest absolute Gasteiger partial charge is 0.486 e. The Balaban J connectivity index is 1.47. The van der Waals surface area contributed by atoms with E-state index in [1.165, 1.54) is 0 Å². The Labute approximate surface area is 160 Å². The molecule has 2 heterocycles. The first-order valence-corrected chi connectivity index (χ1v) is 8.64. The fourth-order valence-corrected chi connectivity index (χ4v) is 2.89. The Morgan fingerprint density at radius 1 is 1.04 bits per heavy atom. The van der Waals surface area contributed by atoms with Crippen LogP contribution in [-0.2, 0) is 11.2 Å². The van der Waals surface area contributed by atoms with Crippen molar-refractivity contribution in [3.8, 4) is 22.8 Å². The molecule has 0 atom stereocenters. The molecule has 28 heavy (non-hydrogen) atoms. The monoisotopic (exact) mass is 379 g/mol. The number of rotatable bonds is 5. The van der Waals surface area contributed by atoms with Crippen LogP contribution in [0.2, 0.25) is 0 Å². The van der Waals surface area contributed by atoms with E-state index in [4.69, 9.17) is 19.7 Å². The number of benzene rings is 2. The number of fused-ring (bicyclic) bond motifs is 1. The number of nitrogens with one attached hydrogen (secondary N) is 1. The van der Waals surface area contributed by atoms with Crippen molar-refractivity contribution >= 4 is 17.5 Å². The summed E-state index contributed by atoms with van der Waals surface area (Å²) >= 11 is 0. The maximum Gasteiger partial charge on any atom is 0.250 e. The van der Waals surface area contributed by atoms with Crippen LogP contribution in [0.15, 0.2) is 53.1 Å². The van der Waals surface area contributed by atoms with Gasteiger partial charge < -0.3 is 25.0 Å². The van der Waals surface area contributed by atoms with Crippen molar-refractivity contribution in [1.29, 1.82) is 0 Å². The van der Waals surface area contributed by atoms with Crippen molar-refractivity contribution in [3.05, 3.63) is 59.8 Å². The van der Waals surface area contributed by atoms with Crippen LogP contribution in [0.25, 0.3) is 11.3 Å². The van der Waals surface area contributed by atoms with Crippen molar-refractivity contribution < 1.29 is 23.6 Å². The lowest BCUT2D eigenvalue weighted by atomic mass is 10.1. The molecule has 3 aromatic rings. The molecule has 0 saturated heterocycles. The summed E-state index contributed by atoms with van der Waals surface area (Å²) in [6, 6.07) is 13.7. The number of ether oxygens (including phenoxy) is 2. The number of carbonyl (C=O) groups excluding carboxylic acids is 2. The van der Waals surface area contributed by atoms with Gasteiger partial charge in [0.15, 0.2) is 17.3 Å². The number of amides is 2. The molecule has 1 aliphatic rings. The zero-order chi connectivity index (χ0) is 19.5. The number of hydrogen-bond donors (Lipinski definition) is 2. The molecule has 2 amide bonds. The number of para-hydroxylation sites is 1. The highest BCUT2D eigenvalue weighted by atomic mass is 16.6. The van der Waals surface area contributed by atoms with Gasteiger partial charge in [0.25, 0.3) is 5.91 Å². The molecule has 0 bridgehead atoms. The highest BCUT2D eigenvalue weighted by molar-refractivity contribution is 6.03. The lowest BCUT2D eigenvalue weighted by molar-refractivity contribution is -0.115. The number of carbonyl (C=O) groups is 2. The van der Waals surface area contributed by atoms with Crippen molar-refractivity contribution in [3.63, 3.8) is 0 Å². The number of primary amides is 1. The first-order valence-electron chi connectivity index (χ1n) is 8.64. The average Bonchev–Trinajstić information content (AvgIpc) is 3.16. The van der Waals surface area contributed by atoms with E-state index in [0.717, 1.165) is 5.56 Å². The third kappa shape index (κ3) is 3.66. The molecule has 0 aliphatic carbocycles. The van der Waals surface area contributed by atoms with Gasteiger partial charge >= 0.3 is 0 Å². The van der Waals surface area contributed by atoms with Crippen LogP contribution in [0.5, 0.6) is 11.5 Å².